The van der Waals surface area contributed by atoms with Crippen LogP contribution in [0.1, 0.15) is 0 Å². The molecule has 1 aliphatic rings. The SMILES string of the molecule is O=C(O)N1C(COC(F)(F)F)COS1(=O)=O. The quantitative estimate of drug-likeness (QED) is 0.763. The van der Waals surface area contributed by atoms with Gasteiger partial charge in [0.1, 0.15) is 6.04 Å². The second-order valence-electron chi connectivity index (χ2n) is 2.73. The summed E-state index contributed by atoms with van der Waals surface area (Å²) in [5.41, 5.74) is 0. The van der Waals surface area contributed by atoms with E-state index in [0.29, 0.717) is 0 Å². The summed E-state index contributed by atoms with van der Waals surface area (Å²) < 4.78 is 64.0. The van der Waals surface area contributed by atoms with E-state index >= 15 is 0 Å². The molecule has 1 amide bonds. The van der Waals surface area contributed by atoms with E-state index in [2.05, 4.69) is 8.92 Å². The predicted molar refractivity (Wildman–Crippen MR) is 40.5 cm³/mol. The Bertz CT molecular complexity index is 378. The molecule has 0 bridgehead atoms. The maximum atomic E-state index is 11.7. The Morgan fingerprint density at radius 1 is 1.56 bits per heavy atom. The van der Waals surface area contributed by atoms with Gasteiger partial charge in [0, 0.05) is 0 Å². The molecular formula is C5H6F3NO6S. The molecule has 1 N–H and O–H groups in total. The molecule has 1 atom stereocenters. The Morgan fingerprint density at radius 3 is 2.56 bits per heavy atom. The second kappa shape index (κ2) is 4.07. The molecule has 16 heavy (non-hydrogen) atoms. The van der Waals surface area contributed by atoms with Gasteiger partial charge in [0.15, 0.2) is 0 Å². The Kier molecular flexibility index (Phi) is 3.30. The van der Waals surface area contributed by atoms with Crippen molar-refractivity contribution in [1.29, 1.82) is 0 Å². The third kappa shape index (κ3) is 2.96. The van der Waals surface area contributed by atoms with E-state index in [0.717, 1.165) is 0 Å². The Morgan fingerprint density at radius 2 is 2.12 bits per heavy atom. The molecule has 1 fully saturated rings. The van der Waals surface area contributed by atoms with E-state index in [1.807, 2.05) is 0 Å². The molecular weight excluding hydrogens is 259 g/mol. The van der Waals surface area contributed by atoms with Crippen molar-refractivity contribution in [1.82, 2.24) is 4.31 Å². The first-order valence-electron chi connectivity index (χ1n) is 3.76. The van der Waals surface area contributed by atoms with Crippen molar-refractivity contribution in [2.24, 2.45) is 0 Å². The van der Waals surface area contributed by atoms with Crippen LogP contribution in [-0.2, 0) is 19.2 Å². The fourth-order valence-corrected chi connectivity index (χ4v) is 2.15. The van der Waals surface area contributed by atoms with Gasteiger partial charge in [-0.3, -0.25) is 8.92 Å². The summed E-state index contributed by atoms with van der Waals surface area (Å²) in [5, 5.41) is 8.48. The number of amides is 1. The molecule has 1 aliphatic heterocycles. The zero-order valence-electron chi connectivity index (χ0n) is 7.47. The molecule has 0 aromatic carbocycles. The van der Waals surface area contributed by atoms with Crippen LogP contribution >= 0.6 is 0 Å². The minimum atomic E-state index is -4.96. The lowest BCUT2D eigenvalue weighted by Crippen LogP contribution is -2.42. The molecule has 1 rings (SSSR count). The van der Waals surface area contributed by atoms with Crippen molar-refractivity contribution < 1.29 is 40.4 Å². The van der Waals surface area contributed by atoms with Crippen LogP contribution in [0.4, 0.5) is 18.0 Å². The average molecular weight is 265 g/mol. The molecule has 0 aromatic rings. The summed E-state index contributed by atoms with van der Waals surface area (Å²) in [6.45, 7) is -1.85. The van der Waals surface area contributed by atoms with Gasteiger partial charge in [0.05, 0.1) is 13.2 Å². The molecule has 11 heteroatoms. The number of hydrogen-bond donors (Lipinski definition) is 1. The number of nitrogens with zero attached hydrogens (tertiary/aromatic N) is 1. The normalized spacial score (nSPS) is 24.7. The molecule has 1 saturated heterocycles. The first-order valence-corrected chi connectivity index (χ1v) is 5.12. The first-order chi connectivity index (χ1) is 7.13. The van der Waals surface area contributed by atoms with Gasteiger partial charge in [-0.15, -0.1) is 13.2 Å². The maximum absolute atomic E-state index is 11.7. The van der Waals surface area contributed by atoms with Crippen molar-refractivity contribution in [2.45, 2.75) is 12.4 Å². The molecule has 0 spiro atoms. The lowest BCUT2D eigenvalue weighted by atomic mass is 10.3. The smallest absolute Gasteiger partial charge is 0.464 e. The number of hydrogen-bond acceptors (Lipinski definition) is 5. The molecule has 0 radical (unpaired) electrons. The van der Waals surface area contributed by atoms with Gasteiger partial charge in [0.25, 0.3) is 0 Å². The monoisotopic (exact) mass is 265 g/mol. The molecule has 1 heterocycles. The van der Waals surface area contributed by atoms with Crippen LogP contribution in [0.25, 0.3) is 0 Å². The minimum absolute atomic E-state index is 0.210. The number of alkyl halides is 3. The number of rotatable bonds is 2. The van der Waals surface area contributed by atoms with Crippen LogP contribution in [0.15, 0.2) is 0 Å². The Hall–Kier alpha value is -1.07. The van der Waals surface area contributed by atoms with Crippen molar-refractivity contribution in [3.8, 4) is 0 Å². The van der Waals surface area contributed by atoms with Gasteiger partial charge in [-0.1, -0.05) is 0 Å². The standard InChI is InChI=1S/C5H6F3NO6S/c6-5(7,8)14-1-3-2-15-16(12,13)9(3)4(10)11/h3H,1-2H2,(H,10,11). The maximum Gasteiger partial charge on any atom is 0.522 e. The van der Waals surface area contributed by atoms with Gasteiger partial charge < -0.3 is 5.11 Å². The zero-order chi connectivity index (χ0) is 12.6. The third-order valence-corrected chi connectivity index (χ3v) is 2.98. The highest BCUT2D eigenvalue weighted by atomic mass is 32.2. The van der Waals surface area contributed by atoms with Crippen molar-refractivity contribution >= 4 is 16.4 Å². The van der Waals surface area contributed by atoms with Crippen LogP contribution in [-0.4, -0.2) is 49.5 Å². The number of halogens is 3. The van der Waals surface area contributed by atoms with E-state index in [9.17, 15) is 26.4 Å². The van der Waals surface area contributed by atoms with Gasteiger partial charge >= 0.3 is 22.8 Å². The van der Waals surface area contributed by atoms with Gasteiger partial charge in [-0.2, -0.15) is 12.7 Å². The topological polar surface area (TPSA) is 93.1 Å². The van der Waals surface area contributed by atoms with Crippen LogP contribution in [0.3, 0.4) is 0 Å². The molecule has 0 saturated carbocycles. The molecule has 0 aromatic heterocycles. The summed E-state index contributed by atoms with van der Waals surface area (Å²) in [7, 11) is -4.52. The van der Waals surface area contributed by atoms with E-state index < -0.39 is 42.0 Å². The number of carboxylic acid groups (broad SMARTS) is 1. The first kappa shape index (κ1) is 13.0. The predicted octanol–water partition coefficient (Wildman–Crippen LogP) is 0.146. The molecule has 1 unspecified atom stereocenters. The van der Waals surface area contributed by atoms with Crippen molar-refractivity contribution in [3.05, 3.63) is 0 Å². The summed E-state index contributed by atoms with van der Waals surface area (Å²) in [6.07, 6.45) is -6.88. The van der Waals surface area contributed by atoms with Gasteiger partial charge in [-0.25, -0.2) is 4.79 Å². The summed E-state index contributed by atoms with van der Waals surface area (Å²) in [6, 6.07) is -1.54. The molecule has 94 valence electrons. The highest BCUT2D eigenvalue weighted by molar-refractivity contribution is 7.85. The van der Waals surface area contributed by atoms with Gasteiger partial charge in [-0.05, 0) is 0 Å². The van der Waals surface area contributed by atoms with Crippen LogP contribution in [0.5, 0.6) is 0 Å². The summed E-state index contributed by atoms with van der Waals surface area (Å²) >= 11 is 0. The van der Waals surface area contributed by atoms with Crippen LogP contribution in [0.2, 0.25) is 0 Å². The van der Waals surface area contributed by atoms with Crippen LogP contribution < -0.4 is 0 Å². The fourth-order valence-electron chi connectivity index (χ4n) is 1.03. The van der Waals surface area contributed by atoms with Crippen molar-refractivity contribution in [2.75, 3.05) is 13.2 Å². The third-order valence-electron chi connectivity index (χ3n) is 1.61. The van der Waals surface area contributed by atoms with Crippen LogP contribution in [0, 0.1) is 0 Å². The lowest BCUT2D eigenvalue weighted by Gasteiger charge is -2.17. The lowest BCUT2D eigenvalue weighted by molar-refractivity contribution is -0.327. The Labute approximate surface area is 87.6 Å². The zero-order valence-corrected chi connectivity index (χ0v) is 8.29. The molecule has 0 aliphatic carbocycles. The highest BCUT2D eigenvalue weighted by Gasteiger charge is 2.44. The van der Waals surface area contributed by atoms with E-state index in [-0.39, 0.29) is 4.31 Å². The van der Waals surface area contributed by atoms with Crippen molar-refractivity contribution in [3.63, 3.8) is 0 Å². The highest BCUT2D eigenvalue weighted by Crippen LogP contribution is 2.22. The average Bonchev–Trinajstić information content (AvgIpc) is 2.36. The van der Waals surface area contributed by atoms with E-state index in [4.69, 9.17) is 5.11 Å². The number of carbonyl (C=O) groups is 1. The molecule has 7 nitrogen and oxygen atoms in total. The fraction of sp³-hybridized carbons (Fsp3) is 0.800. The van der Waals surface area contributed by atoms with E-state index in [1.54, 1.807) is 0 Å². The summed E-state index contributed by atoms with van der Waals surface area (Å²) in [4.78, 5) is 10.5. The van der Waals surface area contributed by atoms with Gasteiger partial charge in [0.2, 0.25) is 0 Å². The largest absolute Gasteiger partial charge is 0.522 e. The second-order valence-corrected chi connectivity index (χ2v) is 4.22. The number of ether oxygens (including phenoxy) is 1. The Balaban J connectivity index is 2.72. The summed E-state index contributed by atoms with van der Waals surface area (Å²) in [5.74, 6) is 0. The minimum Gasteiger partial charge on any atom is -0.464 e. The van der Waals surface area contributed by atoms with E-state index in [1.165, 1.54) is 0 Å².